The highest BCUT2D eigenvalue weighted by Crippen LogP contribution is 2.52. The van der Waals surface area contributed by atoms with Crippen LogP contribution in [-0.2, 0) is 28.2 Å². The lowest BCUT2D eigenvalue weighted by atomic mass is 9.67. The van der Waals surface area contributed by atoms with Crippen molar-refractivity contribution in [3.63, 3.8) is 0 Å². The van der Waals surface area contributed by atoms with Crippen molar-refractivity contribution in [1.82, 2.24) is 29.6 Å². The van der Waals surface area contributed by atoms with E-state index >= 15 is 0 Å². The van der Waals surface area contributed by atoms with Gasteiger partial charge in [-0.2, -0.15) is 0 Å². The molecule has 0 atom stereocenters. The van der Waals surface area contributed by atoms with Gasteiger partial charge in [-0.15, -0.1) is 0 Å². The summed E-state index contributed by atoms with van der Waals surface area (Å²) in [6.45, 7) is 2.55. The first kappa shape index (κ1) is 29.2. The number of aromatic hydroxyl groups is 1. The van der Waals surface area contributed by atoms with Crippen molar-refractivity contribution in [3.05, 3.63) is 57.0 Å². The molecule has 0 radical (unpaired) electrons. The molecule has 40 heavy (non-hydrogen) atoms. The van der Waals surface area contributed by atoms with E-state index in [4.69, 9.17) is 0 Å². The van der Waals surface area contributed by atoms with Crippen LogP contribution < -0.4 is 10.9 Å². The predicted molar refractivity (Wildman–Crippen MR) is 145 cm³/mol. The summed E-state index contributed by atoms with van der Waals surface area (Å²) in [4.78, 5) is 62.0. The fraction of sp³-hybridized carbons (Fsp3) is 0.536. The van der Waals surface area contributed by atoms with E-state index in [1.165, 1.54) is 47.6 Å². The molecule has 3 amide bonds. The summed E-state index contributed by atoms with van der Waals surface area (Å²) in [5.41, 5.74) is -1.64. The van der Waals surface area contributed by atoms with Crippen LogP contribution in [-0.4, -0.2) is 88.9 Å². The number of hydrogen-bond acceptors (Lipinski definition) is 7. The quantitative estimate of drug-likeness (QED) is 0.512. The number of carbonyl (C=O) groups is 3. The van der Waals surface area contributed by atoms with Crippen LogP contribution in [0.4, 0.5) is 4.39 Å². The van der Waals surface area contributed by atoms with Gasteiger partial charge in [-0.25, -0.2) is 9.37 Å². The molecular formula is C28H37FN6O5. The molecule has 3 aliphatic rings. The molecule has 2 aliphatic heterocycles. The van der Waals surface area contributed by atoms with E-state index in [2.05, 4.69) is 10.3 Å². The van der Waals surface area contributed by atoms with E-state index in [0.717, 1.165) is 0 Å². The number of benzene rings is 1. The SMILES string of the molecule is Cc1cc(CNC(=O)c2nc3n(c(=O)c2O)CC2(CN(C)C)CCC3(N(C)C(=O)C(=O)N(C)C)CC2)ccc1F. The lowest BCUT2D eigenvalue weighted by Crippen LogP contribution is -2.55. The van der Waals surface area contributed by atoms with E-state index in [-0.39, 0.29) is 30.1 Å². The molecule has 0 spiro atoms. The number of aromatic nitrogens is 2. The Balaban J connectivity index is 1.80. The number of amides is 3. The fourth-order valence-corrected chi connectivity index (χ4v) is 6.09. The zero-order valence-corrected chi connectivity index (χ0v) is 23.9. The number of carbonyl (C=O) groups excluding carboxylic acids is 3. The number of hydrogen-bond donors (Lipinski definition) is 2. The number of fused-ring (bicyclic) bond motifs is 2. The van der Waals surface area contributed by atoms with Crippen LogP contribution in [0.3, 0.4) is 0 Å². The van der Waals surface area contributed by atoms with E-state index in [0.29, 0.717) is 43.4 Å². The Morgan fingerprint density at radius 3 is 2.30 bits per heavy atom. The third-order valence-electron chi connectivity index (χ3n) is 8.27. The van der Waals surface area contributed by atoms with Crippen molar-refractivity contribution < 1.29 is 23.9 Å². The lowest BCUT2D eigenvalue weighted by molar-refractivity contribution is -0.155. The van der Waals surface area contributed by atoms with Crippen LogP contribution in [0.25, 0.3) is 0 Å². The highest BCUT2D eigenvalue weighted by Gasteiger charge is 2.54. The normalized spacial score (nSPS) is 21.5. The average Bonchev–Trinajstić information content (AvgIpc) is 3.13. The molecule has 216 valence electrons. The van der Waals surface area contributed by atoms with Gasteiger partial charge in [0.2, 0.25) is 5.75 Å². The molecule has 1 aliphatic carbocycles. The van der Waals surface area contributed by atoms with Crippen molar-refractivity contribution in [3.8, 4) is 5.75 Å². The first-order valence-electron chi connectivity index (χ1n) is 13.2. The third-order valence-corrected chi connectivity index (χ3v) is 8.27. The van der Waals surface area contributed by atoms with E-state index < -0.39 is 40.3 Å². The van der Waals surface area contributed by atoms with Crippen molar-refractivity contribution >= 4 is 17.7 Å². The Morgan fingerprint density at radius 1 is 1.07 bits per heavy atom. The monoisotopic (exact) mass is 556 g/mol. The predicted octanol–water partition coefficient (Wildman–Crippen LogP) is 1.20. The molecule has 5 rings (SSSR count). The van der Waals surface area contributed by atoms with Crippen molar-refractivity contribution in [2.45, 2.75) is 51.2 Å². The molecule has 2 bridgehead atoms. The standard InChI is InChI=1S/C28H37FN6O5/c1-17-13-18(7-8-19(17)29)14-30-22(37)20-21(36)23(38)35-16-27(15-32(2)3)9-11-28(12-10-27,26(35)31-20)34(6)25(40)24(39)33(4)5/h7-8,13,36H,9-12,14-16H2,1-6H3,(H,30,37). The van der Waals surface area contributed by atoms with Gasteiger partial charge in [-0.3, -0.25) is 23.7 Å². The number of likely N-dealkylation sites (N-methyl/N-ethyl adjacent to an activating group) is 2. The molecule has 0 saturated heterocycles. The molecule has 1 fully saturated rings. The largest absolute Gasteiger partial charge is 0.501 e. The highest BCUT2D eigenvalue weighted by molar-refractivity contribution is 6.34. The minimum Gasteiger partial charge on any atom is -0.501 e. The van der Waals surface area contributed by atoms with Gasteiger partial charge in [-0.05, 0) is 63.9 Å². The van der Waals surface area contributed by atoms with Gasteiger partial charge >= 0.3 is 11.8 Å². The van der Waals surface area contributed by atoms with E-state index in [1.54, 1.807) is 13.0 Å². The summed E-state index contributed by atoms with van der Waals surface area (Å²) in [5, 5.41) is 13.5. The van der Waals surface area contributed by atoms with Gasteiger partial charge in [-0.1, -0.05) is 12.1 Å². The molecular weight excluding hydrogens is 519 g/mol. The molecule has 12 heteroatoms. The topological polar surface area (TPSA) is 128 Å². The van der Waals surface area contributed by atoms with Gasteiger partial charge in [0.15, 0.2) is 5.69 Å². The van der Waals surface area contributed by atoms with Gasteiger partial charge in [0.1, 0.15) is 17.2 Å². The maximum absolute atomic E-state index is 13.7. The summed E-state index contributed by atoms with van der Waals surface area (Å²) in [6, 6.07) is 4.42. The Labute approximate surface area is 232 Å². The second-order valence-electron chi connectivity index (χ2n) is 11.6. The van der Waals surface area contributed by atoms with Crippen LogP contribution in [0, 0.1) is 18.2 Å². The number of nitrogens with zero attached hydrogens (tertiary/aromatic N) is 5. The third kappa shape index (κ3) is 5.07. The minimum atomic E-state index is -1.13. The summed E-state index contributed by atoms with van der Waals surface area (Å²) in [6.07, 6.45) is 2.15. The van der Waals surface area contributed by atoms with Gasteiger partial charge in [0.25, 0.3) is 11.5 Å². The Morgan fingerprint density at radius 2 is 1.73 bits per heavy atom. The van der Waals surface area contributed by atoms with Gasteiger partial charge < -0.3 is 25.1 Å². The summed E-state index contributed by atoms with van der Waals surface area (Å²) < 4.78 is 15.0. The maximum atomic E-state index is 13.7. The second kappa shape index (κ2) is 10.6. The average molecular weight is 557 g/mol. The zero-order valence-electron chi connectivity index (χ0n) is 23.9. The van der Waals surface area contributed by atoms with Crippen LogP contribution >= 0.6 is 0 Å². The summed E-state index contributed by atoms with van der Waals surface area (Å²) in [5.74, 6) is -3.22. The molecule has 1 saturated carbocycles. The second-order valence-corrected chi connectivity index (χ2v) is 11.6. The van der Waals surface area contributed by atoms with E-state index in [1.807, 2.05) is 19.0 Å². The smallest absolute Gasteiger partial charge is 0.312 e. The number of aryl methyl sites for hydroxylation is 1. The maximum Gasteiger partial charge on any atom is 0.312 e. The Bertz CT molecular complexity index is 1410. The Hall–Kier alpha value is -3.80. The van der Waals surface area contributed by atoms with Crippen molar-refractivity contribution in [2.24, 2.45) is 5.41 Å². The number of rotatable bonds is 6. The van der Waals surface area contributed by atoms with Crippen molar-refractivity contribution in [2.75, 3.05) is 41.8 Å². The van der Waals surface area contributed by atoms with Gasteiger partial charge in [0.05, 0.1) is 0 Å². The first-order chi connectivity index (χ1) is 18.7. The Kier molecular flexibility index (Phi) is 7.77. The van der Waals surface area contributed by atoms with Crippen LogP contribution in [0.15, 0.2) is 23.0 Å². The molecule has 2 aromatic rings. The zero-order chi connectivity index (χ0) is 29.6. The van der Waals surface area contributed by atoms with Crippen LogP contribution in [0.1, 0.15) is 53.1 Å². The minimum absolute atomic E-state index is 0.0201. The summed E-state index contributed by atoms with van der Waals surface area (Å²) >= 11 is 0. The lowest BCUT2D eigenvalue weighted by Gasteiger charge is -2.47. The molecule has 11 nitrogen and oxygen atoms in total. The summed E-state index contributed by atoms with van der Waals surface area (Å²) in [7, 11) is 8.39. The first-order valence-corrected chi connectivity index (χ1v) is 13.2. The van der Waals surface area contributed by atoms with Crippen molar-refractivity contribution in [1.29, 1.82) is 0 Å². The van der Waals surface area contributed by atoms with Crippen LogP contribution in [0.2, 0.25) is 0 Å². The van der Waals surface area contributed by atoms with E-state index in [9.17, 15) is 28.7 Å². The highest BCUT2D eigenvalue weighted by atomic mass is 19.1. The van der Waals surface area contributed by atoms with Gasteiger partial charge in [0, 0.05) is 46.2 Å². The number of nitrogens with one attached hydrogen (secondary N) is 1. The molecule has 1 aromatic heterocycles. The van der Waals surface area contributed by atoms with Crippen LogP contribution in [0.5, 0.6) is 5.75 Å². The molecule has 2 N–H and O–H groups in total. The molecule has 3 heterocycles. The fourth-order valence-electron chi connectivity index (χ4n) is 6.09. The number of halogens is 1. The molecule has 1 aromatic carbocycles. The molecule has 0 unspecified atom stereocenters.